The normalized spacial score (nSPS) is 11.6. The van der Waals surface area contributed by atoms with E-state index in [0.29, 0.717) is 11.3 Å². The molecule has 0 saturated heterocycles. The van der Waals surface area contributed by atoms with Gasteiger partial charge in [-0.15, -0.1) is 0 Å². The fraction of sp³-hybridized carbons (Fsp3) is 0.263. The van der Waals surface area contributed by atoms with Gasteiger partial charge in [0.05, 0.1) is 6.42 Å². The Hall–Kier alpha value is -2.69. The zero-order chi connectivity index (χ0) is 17.5. The van der Waals surface area contributed by atoms with Crippen LogP contribution in [-0.4, -0.2) is 18.5 Å². The number of carbonyl (C=O) groups is 2. The zero-order valence-corrected chi connectivity index (χ0v) is 13.7. The van der Waals surface area contributed by atoms with Gasteiger partial charge in [-0.3, -0.25) is 9.59 Å². The Balaban J connectivity index is 1.78. The summed E-state index contributed by atoms with van der Waals surface area (Å²) in [6.07, 6.45) is 0.191. The lowest BCUT2D eigenvalue weighted by Gasteiger charge is -2.11. The lowest BCUT2D eigenvalue weighted by atomic mass is 9.98. The quantitative estimate of drug-likeness (QED) is 0.820. The third kappa shape index (κ3) is 5.19. The summed E-state index contributed by atoms with van der Waals surface area (Å²) in [6.45, 7) is 3.16. The van der Waals surface area contributed by atoms with Crippen LogP contribution in [0.15, 0.2) is 48.5 Å². The molecule has 1 amide bonds. The second kappa shape index (κ2) is 8.24. The van der Waals surface area contributed by atoms with Crippen molar-refractivity contribution in [3.05, 3.63) is 65.5 Å². The van der Waals surface area contributed by atoms with Crippen molar-refractivity contribution in [1.82, 2.24) is 0 Å². The summed E-state index contributed by atoms with van der Waals surface area (Å²) in [7, 11) is 0. The predicted octanol–water partition coefficient (Wildman–Crippen LogP) is 3.81. The summed E-state index contributed by atoms with van der Waals surface area (Å²) in [5, 5.41) is 2.49. The molecule has 2 aromatic rings. The first kappa shape index (κ1) is 17.7. The average Bonchev–Trinajstić information content (AvgIpc) is 2.57. The van der Waals surface area contributed by atoms with Gasteiger partial charge in [-0.1, -0.05) is 43.3 Å². The Morgan fingerprint density at radius 1 is 1.17 bits per heavy atom. The van der Waals surface area contributed by atoms with E-state index in [1.54, 1.807) is 19.1 Å². The molecule has 0 aliphatic carbocycles. The minimum atomic E-state index is -0.501. The maximum Gasteiger partial charge on any atom is 0.306 e. The molecule has 2 rings (SSSR count). The first-order chi connectivity index (χ1) is 11.5. The summed E-state index contributed by atoms with van der Waals surface area (Å²) < 4.78 is 18.4. The number of hydrogen-bond acceptors (Lipinski definition) is 3. The third-order valence-electron chi connectivity index (χ3n) is 3.66. The van der Waals surface area contributed by atoms with Crippen LogP contribution in [0.1, 0.15) is 30.4 Å². The number of rotatable bonds is 6. The van der Waals surface area contributed by atoms with Gasteiger partial charge < -0.3 is 10.1 Å². The number of ether oxygens (including phenoxy) is 1. The van der Waals surface area contributed by atoms with Gasteiger partial charge in [0.2, 0.25) is 0 Å². The van der Waals surface area contributed by atoms with Crippen molar-refractivity contribution in [2.75, 3.05) is 11.9 Å². The molecule has 0 spiro atoms. The van der Waals surface area contributed by atoms with Crippen molar-refractivity contribution in [3.63, 3.8) is 0 Å². The van der Waals surface area contributed by atoms with E-state index in [9.17, 15) is 14.0 Å². The van der Waals surface area contributed by atoms with Gasteiger partial charge in [-0.2, -0.15) is 0 Å². The maximum atomic E-state index is 13.4. The highest BCUT2D eigenvalue weighted by molar-refractivity contribution is 5.92. The molecule has 0 aromatic heterocycles. The Morgan fingerprint density at radius 2 is 1.88 bits per heavy atom. The van der Waals surface area contributed by atoms with Crippen molar-refractivity contribution in [3.8, 4) is 0 Å². The highest BCUT2D eigenvalue weighted by atomic mass is 19.1. The van der Waals surface area contributed by atoms with Crippen LogP contribution in [-0.2, 0) is 14.3 Å². The average molecular weight is 329 g/mol. The number of anilines is 1. The minimum absolute atomic E-state index is 0.00737. The number of nitrogens with one attached hydrogen (secondary N) is 1. The van der Waals surface area contributed by atoms with Gasteiger partial charge in [-0.25, -0.2) is 4.39 Å². The van der Waals surface area contributed by atoms with Crippen molar-refractivity contribution in [2.24, 2.45) is 0 Å². The molecule has 0 bridgehead atoms. The van der Waals surface area contributed by atoms with E-state index in [0.717, 1.165) is 5.56 Å². The Morgan fingerprint density at radius 3 is 2.54 bits per heavy atom. The molecule has 0 fully saturated rings. The van der Waals surface area contributed by atoms with Crippen molar-refractivity contribution >= 4 is 17.6 Å². The largest absolute Gasteiger partial charge is 0.456 e. The van der Waals surface area contributed by atoms with Crippen LogP contribution in [0.4, 0.5) is 10.1 Å². The van der Waals surface area contributed by atoms with Crippen molar-refractivity contribution < 1.29 is 18.7 Å². The summed E-state index contributed by atoms with van der Waals surface area (Å²) >= 11 is 0. The number of halogens is 1. The number of hydrogen-bond donors (Lipinski definition) is 1. The number of esters is 1. The van der Waals surface area contributed by atoms with Crippen LogP contribution in [0.5, 0.6) is 0 Å². The number of aryl methyl sites for hydroxylation is 1. The monoisotopic (exact) mass is 329 g/mol. The summed E-state index contributed by atoms with van der Waals surface area (Å²) in [5.41, 5.74) is 1.86. The van der Waals surface area contributed by atoms with Crippen molar-refractivity contribution in [2.45, 2.75) is 26.2 Å². The van der Waals surface area contributed by atoms with Crippen LogP contribution in [0.2, 0.25) is 0 Å². The Kier molecular flexibility index (Phi) is 6.07. The standard InChI is InChI=1S/C19H20FNO3/c1-13-8-9-16(11-17(13)20)21-18(22)12-24-19(23)10-14(2)15-6-4-3-5-7-15/h3-9,11,14H,10,12H2,1-2H3,(H,21,22)/t14-/m1/s1. The lowest BCUT2D eigenvalue weighted by Crippen LogP contribution is -2.21. The molecule has 0 aliphatic heterocycles. The smallest absolute Gasteiger partial charge is 0.306 e. The second-order valence-electron chi connectivity index (χ2n) is 5.69. The van der Waals surface area contributed by atoms with Crippen LogP contribution in [0.3, 0.4) is 0 Å². The molecule has 2 aromatic carbocycles. The van der Waals surface area contributed by atoms with E-state index in [1.807, 2.05) is 37.3 Å². The molecule has 0 saturated carbocycles. The van der Waals surface area contributed by atoms with E-state index < -0.39 is 24.3 Å². The van der Waals surface area contributed by atoms with E-state index in [4.69, 9.17) is 4.74 Å². The SMILES string of the molecule is Cc1ccc(NC(=O)COC(=O)C[C@@H](C)c2ccccc2)cc1F. The van der Waals surface area contributed by atoms with Crippen LogP contribution >= 0.6 is 0 Å². The van der Waals surface area contributed by atoms with Gasteiger partial charge in [0.25, 0.3) is 5.91 Å². The number of carbonyl (C=O) groups excluding carboxylic acids is 2. The molecular formula is C19H20FNO3. The van der Waals surface area contributed by atoms with Crippen molar-refractivity contribution in [1.29, 1.82) is 0 Å². The topological polar surface area (TPSA) is 55.4 Å². The van der Waals surface area contributed by atoms with E-state index in [2.05, 4.69) is 5.32 Å². The van der Waals surface area contributed by atoms with Gasteiger partial charge >= 0.3 is 5.97 Å². The van der Waals surface area contributed by atoms with Gasteiger partial charge in [-0.05, 0) is 36.1 Å². The third-order valence-corrected chi connectivity index (χ3v) is 3.66. The predicted molar refractivity (Wildman–Crippen MR) is 90.2 cm³/mol. The molecule has 1 atom stereocenters. The number of benzene rings is 2. The molecule has 1 N–H and O–H groups in total. The molecule has 0 heterocycles. The number of amides is 1. The second-order valence-corrected chi connectivity index (χ2v) is 5.69. The fourth-order valence-electron chi connectivity index (χ4n) is 2.22. The van der Waals surface area contributed by atoms with Gasteiger partial charge in [0, 0.05) is 5.69 Å². The molecule has 0 unspecified atom stereocenters. The van der Waals surface area contributed by atoms with E-state index in [-0.39, 0.29) is 12.3 Å². The summed E-state index contributed by atoms with van der Waals surface area (Å²) in [6, 6.07) is 14.0. The molecule has 0 aliphatic rings. The fourth-order valence-corrected chi connectivity index (χ4v) is 2.22. The molecule has 126 valence electrons. The summed E-state index contributed by atoms with van der Waals surface area (Å²) in [5.74, 6) is -1.34. The first-order valence-corrected chi connectivity index (χ1v) is 7.72. The molecule has 24 heavy (non-hydrogen) atoms. The van der Waals surface area contributed by atoms with Gasteiger partial charge in [0.15, 0.2) is 6.61 Å². The van der Waals surface area contributed by atoms with Crippen LogP contribution in [0.25, 0.3) is 0 Å². The Bertz CT molecular complexity index is 716. The molecule has 0 radical (unpaired) electrons. The maximum absolute atomic E-state index is 13.4. The minimum Gasteiger partial charge on any atom is -0.456 e. The van der Waals surface area contributed by atoms with Crippen LogP contribution < -0.4 is 5.32 Å². The molecule has 4 nitrogen and oxygen atoms in total. The Labute approximate surface area is 140 Å². The highest BCUT2D eigenvalue weighted by Gasteiger charge is 2.14. The summed E-state index contributed by atoms with van der Waals surface area (Å²) in [4.78, 5) is 23.6. The highest BCUT2D eigenvalue weighted by Crippen LogP contribution is 2.19. The van der Waals surface area contributed by atoms with E-state index >= 15 is 0 Å². The molecule has 5 heteroatoms. The first-order valence-electron chi connectivity index (χ1n) is 7.72. The lowest BCUT2D eigenvalue weighted by molar-refractivity contribution is -0.147. The van der Waals surface area contributed by atoms with E-state index in [1.165, 1.54) is 6.07 Å². The molecular weight excluding hydrogens is 309 g/mol. The zero-order valence-electron chi connectivity index (χ0n) is 13.7. The van der Waals surface area contributed by atoms with Crippen LogP contribution in [0, 0.1) is 12.7 Å². The van der Waals surface area contributed by atoms with Gasteiger partial charge in [0.1, 0.15) is 5.82 Å².